The molecule has 3 heteroatoms. The van der Waals surface area contributed by atoms with E-state index in [4.69, 9.17) is 0 Å². The molecule has 0 aliphatic heterocycles. The molecule has 0 spiro atoms. The predicted octanol–water partition coefficient (Wildman–Crippen LogP) is 6.21. The lowest BCUT2D eigenvalue weighted by Crippen LogP contribution is -1.82. The highest BCUT2D eigenvalue weighted by atomic mass is 32.1. The zero-order valence-corrected chi connectivity index (χ0v) is 13.5. The van der Waals surface area contributed by atoms with E-state index in [9.17, 15) is 0 Å². The first-order chi connectivity index (χ1) is 11.4. The van der Waals surface area contributed by atoms with Crippen LogP contribution in [0, 0.1) is 0 Å². The van der Waals surface area contributed by atoms with Gasteiger partial charge in [-0.3, -0.25) is 0 Å². The van der Waals surface area contributed by atoms with Crippen molar-refractivity contribution in [1.82, 2.24) is 0 Å². The summed E-state index contributed by atoms with van der Waals surface area (Å²) in [5.41, 5.74) is 2.44. The third-order valence-corrected chi connectivity index (χ3v) is 5.19. The van der Waals surface area contributed by atoms with Gasteiger partial charge < -0.3 is 0 Å². The lowest BCUT2D eigenvalue weighted by atomic mass is 10.1. The smallest absolute Gasteiger partial charge is 0.0863 e. The lowest BCUT2D eigenvalue weighted by molar-refractivity contribution is 0.855. The molecule has 0 N–H and O–H groups in total. The Morgan fingerprint density at radius 3 is 2.30 bits per heavy atom. The van der Waals surface area contributed by atoms with Gasteiger partial charge in [0.25, 0.3) is 0 Å². The van der Waals surface area contributed by atoms with Gasteiger partial charge in [0.05, 0.1) is 13.1 Å². The molecule has 0 bridgehead atoms. The Kier molecular flexibility index (Phi) is 3.86. The fourth-order valence-electron chi connectivity index (χ4n) is 2.77. The minimum atomic E-state index is 0.636. The molecule has 0 amide bonds. The topological polar surface area (TPSA) is 24.7 Å². The van der Waals surface area contributed by atoms with Gasteiger partial charge in [0.15, 0.2) is 0 Å². The van der Waals surface area contributed by atoms with Gasteiger partial charge in [0.1, 0.15) is 0 Å². The molecule has 1 aromatic heterocycles. The predicted molar refractivity (Wildman–Crippen MR) is 98.0 cm³/mol. The maximum Gasteiger partial charge on any atom is 0.0863 e. The monoisotopic (exact) mass is 316 g/mol. The van der Waals surface area contributed by atoms with Gasteiger partial charge in [0, 0.05) is 20.2 Å². The molecule has 23 heavy (non-hydrogen) atoms. The summed E-state index contributed by atoms with van der Waals surface area (Å²) in [7, 11) is 0. The van der Waals surface area contributed by atoms with Crippen molar-refractivity contribution in [3.63, 3.8) is 0 Å². The average Bonchev–Trinajstić information content (AvgIpc) is 2.99. The van der Waals surface area contributed by atoms with Crippen molar-refractivity contribution in [3.8, 4) is 0 Å². The number of nitrogens with zero attached hydrogens (tertiary/aromatic N) is 2. The molecule has 0 saturated heterocycles. The molecule has 0 aliphatic rings. The van der Waals surface area contributed by atoms with Crippen LogP contribution in [0.2, 0.25) is 0 Å². The van der Waals surface area contributed by atoms with Gasteiger partial charge in [0.2, 0.25) is 0 Å². The Morgan fingerprint density at radius 2 is 1.39 bits per heavy atom. The fourth-order valence-corrected chi connectivity index (χ4v) is 3.98. The standard InChI is InChI=1S/C20H16N2S/c1-2-7-15(8-3-1)13-21-22-14-16-9-6-11-18-17-10-4-5-12-19(17)23-20(16)18/h1-12H,13-14H2. The molecular formula is C20H16N2S. The maximum atomic E-state index is 4.39. The first-order valence-electron chi connectivity index (χ1n) is 7.68. The Morgan fingerprint density at radius 1 is 0.652 bits per heavy atom. The van der Waals surface area contributed by atoms with E-state index in [2.05, 4.69) is 64.8 Å². The number of hydrogen-bond donors (Lipinski definition) is 0. The molecule has 0 radical (unpaired) electrons. The summed E-state index contributed by atoms with van der Waals surface area (Å²) in [6.07, 6.45) is 0. The Balaban J connectivity index is 1.59. The number of hydrogen-bond acceptors (Lipinski definition) is 3. The van der Waals surface area contributed by atoms with Crippen molar-refractivity contribution in [3.05, 3.63) is 83.9 Å². The third-order valence-electron chi connectivity index (χ3n) is 3.92. The van der Waals surface area contributed by atoms with Crippen molar-refractivity contribution in [1.29, 1.82) is 0 Å². The summed E-state index contributed by atoms with van der Waals surface area (Å²) in [6, 6.07) is 25.3. The average molecular weight is 316 g/mol. The second-order valence-corrected chi connectivity index (χ2v) is 6.53. The number of benzene rings is 3. The van der Waals surface area contributed by atoms with Gasteiger partial charge in [-0.2, -0.15) is 10.2 Å². The van der Waals surface area contributed by atoms with Gasteiger partial charge in [-0.1, -0.05) is 66.7 Å². The molecule has 1 heterocycles. The molecule has 4 aromatic rings. The van der Waals surface area contributed by atoms with Gasteiger partial charge in [-0.05, 0) is 17.2 Å². The third kappa shape index (κ3) is 2.88. The van der Waals surface area contributed by atoms with Crippen LogP contribution in [0.5, 0.6) is 0 Å². The van der Waals surface area contributed by atoms with Crippen molar-refractivity contribution in [2.75, 3.05) is 0 Å². The molecule has 0 fully saturated rings. The van der Waals surface area contributed by atoms with E-state index in [1.165, 1.54) is 31.3 Å². The minimum Gasteiger partial charge on any atom is -0.189 e. The molecule has 4 rings (SSSR count). The van der Waals surface area contributed by atoms with Gasteiger partial charge in [-0.15, -0.1) is 11.3 Å². The molecule has 0 unspecified atom stereocenters. The number of thiophene rings is 1. The van der Waals surface area contributed by atoms with Gasteiger partial charge >= 0.3 is 0 Å². The fraction of sp³-hybridized carbons (Fsp3) is 0.100. The summed E-state index contributed by atoms with van der Waals surface area (Å²) in [4.78, 5) is 0. The Hall–Kier alpha value is -2.52. The van der Waals surface area contributed by atoms with Gasteiger partial charge in [-0.25, -0.2) is 0 Å². The van der Waals surface area contributed by atoms with E-state index in [-0.39, 0.29) is 0 Å². The Bertz CT molecular complexity index is 971. The van der Waals surface area contributed by atoms with Crippen molar-refractivity contribution in [2.24, 2.45) is 10.2 Å². The normalized spacial score (nSPS) is 11.7. The highest BCUT2D eigenvalue weighted by molar-refractivity contribution is 7.26. The summed E-state index contributed by atoms with van der Waals surface area (Å²) in [6.45, 7) is 1.28. The number of azo groups is 1. The SMILES string of the molecule is c1ccc(CN=NCc2cccc3c2sc2ccccc23)cc1. The van der Waals surface area contributed by atoms with Crippen LogP contribution in [0.3, 0.4) is 0 Å². The largest absolute Gasteiger partial charge is 0.189 e. The Labute approximate surface area is 139 Å². The lowest BCUT2D eigenvalue weighted by Gasteiger charge is -1.99. The van der Waals surface area contributed by atoms with Crippen molar-refractivity contribution < 1.29 is 0 Å². The second-order valence-electron chi connectivity index (χ2n) is 5.48. The first kappa shape index (κ1) is 14.1. The molecule has 2 nitrogen and oxygen atoms in total. The molecule has 112 valence electrons. The minimum absolute atomic E-state index is 0.636. The van der Waals surface area contributed by atoms with E-state index in [1.54, 1.807) is 0 Å². The molecule has 0 aliphatic carbocycles. The van der Waals surface area contributed by atoms with Crippen molar-refractivity contribution in [2.45, 2.75) is 13.1 Å². The van der Waals surface area contributed by atoms with E-state index < -0.39 is 0 Å². The summed E-state index contributed by atoms with van der Waals surface area (Å²) in [5, 5.41) is 11.4. The van der Waals surface area contributed by atoms with Crippen LogP contribution in [0.1, 0.15) is 11.1 Å². The molecule has 0 atom stereocenters. The first-order valence-corrected chi connectivity index (χ1v) is 8.50. The second kappa shape index (κ2) is 6.31. The van der Waals surface area contributed by atoms with E-state index >= 15 is 0 Å². The van der Waals surface area contributed by atoms with Crippen LogP contribution >= 0.6 is 11.3 Å². The highest BCUT2D eigenvalue weighted by Gasteiger charge is 2.07. The molecule has 0 saturated carbocycles. The zero-order chi connectivity index (χ0) is 15.5. The van der Waals surface area contributed by atoms with Crippen LogP contribution in [0.4, 0.5) is 0 Å². The number of rotatable bonds is 4. The number of fused-ring (bicyclic) bond motifs is 3. The van der Waals surface area contributed by atoms with Crippen molar-refractivity contribution >= 4 is 31.5 Å². The van der Waals surface area contributed by atoms with Crippen LogP contribution in [-0.4, -0.2) is 0 Å². The summed E-state index contributed by atoms with van der Waals surface area (Å²) in [5.74, 6) is 0. The van der Waals surface area contributed by atoms with E-state index in [0.29, 0.717) is 13.1 Å². The van der Waals surface area contributed by atoms with Crippen LogP contribution in [-0.2, 0) is 13.1 Å². The van der Waals surface area contributed by atoms with Crippen LogP contribution in [0.25, 0.3) is 20.2 Å². The zero-order valence-electron chi connectivity index (χ0n) is 12.6. The summed E-state index contributed by atoms with van der Waals surface area (Å²) >= 11 is 1.84. The molecule has 3 aromatic carbocycles. The summed E-state index contributed by atoms with van der Waals surface area (Å²) < 4.78 is 2.66. The van der Waals surface area contributed by atoms with Crippen LogP contribution in [0.15, 0.2) is 83.0 Å². The van der Waals surface area contributed by atoms with E-state index in [0.717, 1.165) is 0 Å². The quantitative estimate of drug-likeness (QED) is 0.400. The van der Waals surface area contributed by atoms with Crippen LogP contribution < -0.4 is 0 Å². The maximum absolute atomic E-state index is 4.39. The van der Waals surface area contributed by atoms with E-state index in [1.807, 2.05) is 29.5 Å². The molecular weight excluding hydrogens is 300 g/mol. The highest BCUT2D eigenvalue weighted by Crippen LogP contribution is 2.35.